The number of carbonyl (C=O) groups is 4. The highest BCUT2D eigenvalue weighted by Crippen LogP contribution is 2.32. The van der Waals surface area contributed by atoms with Crippen LogP contribution in [-0.2, 0) is 9.59 Å². The molecule has 0 aliphatic carbocycles. The molecule has 2 fully saturated rings. The van der Waals surface area contributed by atoms with Crippen molar-refractivity contribution in [3.63, 3.8) is 0 Å². The van der Waals surface area contributed by atoms with E-state index in [-0.39, 0.29) is 47.1 Å². The molecule has 2 aromatic rings. The first-order valence-electron chi connectivity index (χ1n) is 10.5. The third-order valence-electron chi connectivity index (χ3n) is 5.58. The van der Waals surface area contributed by atoms with Crippen LogP contribution in [-0.4, -0.2) is 58.9 Å². The van der Waals surface area contributed by atoms with Crippen molar-refractivity contribution >= 4 is 40.8 Å². The summed E-state index contributed by atoms with van der Waals surface area (Å²) in [6.07, 6.45) is 3.84. The Hall–Kier alpha value is -3.40. The highest BCUT2D eigenvalue weighted by Gasteiger charge is 2.35. The van der Waals surface area contributed by atoms with Crippen molar-refractivity contribution in [1.82, 2.24) is 15.1 Å². The summed E-state index contributed by atoms with van der Waals surface area (Å²) in [5.74, 6) is -1.32. The van der Waals surface area contributed by atoms with Crippen LogP contribution in [0.5, 0.6) is 0 Å². The number of nitrogens with one attached hydrogen (secondary N) is 1. The summed E-state index contributed by atoms with van der Waals surface area (Å²) in [5, 5.41) is 2.31. The minimum absolute atomic E-state index is 0.0286. The van der Waals surface area contributed by atoms with Gasteiger partial charge in [0.05, 0.1) is 11.2 Å². The van der Waals surface area contributed by atoms with Crippen molar-refractivity contribution < 1.29 is 28.0 Å². The van der Waals surface area contributed by atoms with Crippen LogP contribution in [0.3, 0.4) is 0 Å². The quantitative estimate of drug-likeness (QED) is 0.650. The van der Waals surface area contributed by atoms with E-state index in [1.54, 1.807) is 29.2 Å². The number of likely N-dealkylation sites (tertiary alicyclic amines) is 1. The molecule has 2 saturated heterocycles. The lowest BCUT2D eigenvalue weighted by Crippen LogP contribution is -2.44. The van der Waals surface area contributed by atoms with Gasteiger partial charge < -0.3 is 14.6 Å². The molecule has 1 aromatic heterocycles. The van der Waals surface area contributed by atoms with E-state index in [9.17, 15) is 23.6 Å². The molecular formula is C23H22FN3O5S. The molecule has 2 aliphatic heterocycles. The third kappa shape index (κ3) is 5.16. The van der Waals surface area contributed by atoms with Crippen LogP contribution in [0.25, 0.3) is 6.08 Å². The van der Waals surface area contributed by atoms with Crippen LogP contribution >= 0.6 is 11.8 Å². The number of halogens is 1. The Labute approximate surface area is 193 Å². The van der Waals surface area contributed by atoms with Crippen molar-refractivity contribution in [2.24, 2.45) is 5.92 Å². The van der Waals surface area contributed by atoms with Gasteiger partial charge in [-0.1, -0.05) is 18.2 Å². The Balaban J connectivity index is 1.24. The van der Waals surface area contributed by atoms with Crippen molar-refractivity contribution in [2.45, 2.75) is 12.8 Å². The van der Waals surface area contributed by atoms with E-state index in [0.29, 0.717) is 25.9 Å². The van der Waals surface area contributed by atoms with E-state index in [0.717, 1.165) is 16.7 Å². The number of nitrogens with zero attached hydrogens (tertiary/aromatic N) is 2. The molecule has 0 spiro atoms. The highest BCUT2D eigenvalue weighted by atomic mass is 32.2. The van der Waals surface area contributed by atoms with Gasteiger partial charge in [0.2, 0.25) is 5.91 Å². The van der Waals surface area contributed by atoms with Crippen LogP contribution in [0.2, 0.25) is 0 Å². The van der Waals surface area contributed by atoms with Crippen molar-refractivity contribution in [3.8, 4) is 0 Å². The summed E-state index contributed by atoms with van der Waals surface area (Å²) in [6.45, 7) is 1.04. The summed E-state index contributed by atoms with van der Waals surface area (Å²) in [7, 11) is 0. The number of hydrogen-bond acceptors (Lipinski definition) is 6. The molecule has 172 valence electrons. The number of rotatable bonds is 6. The van der Waals surface area contributed by atoms with Gasteiger partial charge in [-0.15, -0.1) is 0 Å². The highest BCUT2D eigenvalue weighted by molar-refractivity contribution is 8.18. The fourth-order valence-electron chi connectivity index (χ4n) is 3.76. The first kappa shape index (κ1) is 22.8. The lowest BCUT2D eigenvalue weighted by molar-refractivity contribution is -0.127. The zero-order valence-corrected chi connectivity index (χ0v) is 18.5. The van der Waals surface area contributed by atoms with Gasteiger partial charge in [0.25, 0.3) is 17.1 Å². The van der Waals surface area contributed by atoms with E-state index in [1.807, 2.05) is 0 Å². The molecular weight excluding hydrogens is 449 g/mol. The fraction of sp³-hybridized carbons (Fsp3) is 0.304. The minimum atomic E-state index is -0.507. The summed E-state index contributed by atoms with van der Waals surface area (Å²) >= 11 is 0.748. The van der Waals surface area contributed by atoms with Gasteiger partial charge in [-0.05, 0) is 48.9 Å². The molecule has 4 amide bonds. The van der Waals surface area contributed by atoms with Crippen LogP contribution in [0, 0.1) is 11.7 Å². The monoisotopic (exact) mass is 471 g/mol. The number of imide groups is 1. The standard InChI is InChI=1S/C23H22FN3O5S/c24-17-5-2-1-4-16(17)14-19-22(30)27(23(31)33-19)12-9-25-20(28)15-7-10-26(11-8-15)21(29)18-6-3-13-32-18/h1-6,13-15H,7-12H2,(H,25,28)/b19-14-. The van der Waals surface area contributed by atoms with Crippen LogP contribution in [0.1, 0.15) is 29.0 Å². The number of hydrogen-bond donors (Lipinski definition) is 1. The second kappa shape index (κ2) is 10.0. The van der Waals surface area contributed by atoms with Gasteiger partial charge >= 0.3 is 0 Å². The smallest absolute Gasteiger partial charge is 0.293 e. The predicted molar refractivity (Wildman–Crippen MR) is 119 cm³/mol. The van der Waals surface area contributed by atoms with Crippen LogP contribution < -0.4 is 5.32 Å². The van der Waals surface area contributed by atoms with Gasteiger partial charge in [0, 0.05) is 37.7 Å². The molecule has 2 aliphatic rings. The SMILES string of the molecule is O=C(NCCN1C(=O)S/C(=C\c2ccccc2F)C1=O)C1CCN(C(=O)c2ccco2)CC1. The van der Waals surface area contributed by atoms with Crippen molar-refractivity contribution in [1.29, 1.82) is 0 Å². The summed E-state index contributed by atoms with van der Waals surface area (Å²) in [6, 6.07) is 9.26. The number of piperidine rings is 1. The zero-order chi connectivity index (χ0) is 23.4. The second-order valence-electron chi connectivity index (χ2n) is 7.69. The second-order valence-corrected chi connectivity index (χ2v) is 8.68. The lowest BCUT2D eigenvalue weighted by Gasteiger charge is -2.30. The Morgan fingerprint density at radius 3 is 2.61 bits per heavy atom. The number of amides is 4. The number of thioether (sulfide) groups is 1. The first-order chi connectivity index (χ1) is 15.9. The summed E-state index contributed by atoms with van der Waals surface area (Å²) < 4.78 is 19.0. The Kier molecular flexibility index (Phi) is 6.93. The molecule has 0 unspecified atom stereocenters. The van der Waals surface area contributed by atoms with Gasteiger partial charge in [0.1, 0.15) is 5.82 Å². The number of carbonyl (C=O) groups excluding carboxylic acids is 4. The normalized spacial score (nSPS) is 18.3. The summed E-state index contributed by atoms with van der Waals surface area (Å²) in [4.78, 5) is 52.4. The molecule has 3 heterocycles. The van der Waals surface area contributed by atoms with Gasteiger partial charge in [-0.2, -0.15) is 0 Å². The Bertz CT molecular complexity index is 1090. The maximum atomic E-state index is 13.8. The minimum Gasteiger partial charge on any atom is -0.459 e. The van der Waals surface area contributed by atoms with E-state index < -0.39 is 17.0 Å². The van der Waals surface area contributed by atoms with E-state index in [4.69, 9.17) is 4.42 Å². The fourth-order valence-corrected chi connectivity index (χ4v) is 4.62. The molecule has 1 aromatic carbocycles. The van der Waals surface area contributed by atoms with Crippen LogP contribution in [0.4, 0.5) is 9.18 Å². The topological polar surface area (TPSA) is 99.9 Å². The van der Waals surface area contributed by atoms with Crippen molar-refractivity contribution in [2.75, 3.05) is 26.2 Å². The third-order valence-corrected chi connectivity index (χ3v) is 6.49. The average Bonchev–Trinajstić information content (AvgIpc) is 3.45. The average molecular weight is 472 g/mol. The molecule has 0 radical (unpaired) electrons. The predicted octanol–water partition coefficient (Wildman–Crippen LogP) is 3.12. The molecule has 0 bridgehead atoms. The van der Waals surface area contributed by atoms with Gasteiger partial charge in [-0.3, -0.25) is 24.1 Å². The Morgan fingerprint density at radius 1 is 1.15 bits per heavy atom. The Morgan fingerprint density at radius 2 is 1.91 bits per heavy atom. The molecule has 0 saturated carbocycles. The largest absolute Gasteiger partial charge is 0.459 e. The van der Waals surface area contributed by atoms with E-state index in [1.165, 1.54) is 24.5 Å². The molecule has 33 heavy (non-hydrogen) atoms. The maximum absolute atomic E-state index is 13.8. The van der Waals surface area contributed by atoms with E-state index >= 15 is 0 Å². The van der Waals surface area contributed by atoms with Gasteiger partial charge in [-0.25, -0.2) is 4.39 Å². The number of furan rings is 1. The lowest BCUT2D eigenvalue weighted by atomic mass is 9.95. The summed E-state index contributed by atoms with van der Waals surface area (Å²) in [5.41, 5.74) is 0.230. The molecule has 0 atom stereocenters. The molecule has 1 N–H and O–H groups in total. The van der Waals surface area contributed by atoms with Crippen molar-refractivity contribution in [3.05, 3.63) is 64.7 Å². The molecule has 4 rings (SSSR count). The maximum Gasteiger partial charge on any atom is 0.293 e. The molecule has 10 heteroatoms. The van der Waals surface area contributed by atoms with E-state index in [2.05, 4.69) is 5.32 Å². The van der Waals surface area contributed by atoms with Crippen LogP contribution in [0.15, 0.2) is 52.0 Å². The first-order valence-corrected chi connectivity index (χ1v) is 11.4. The zero-order valence-electron chi connectivity index (χ0n) is 17.7. The number of benzene rings is 1. The van der Waals surface area contributed by atoms with Gasteiger partial charge in [0.15, 0.2) is 5.76 Å². The molecule has 8 nitrogen and oxygen atoms in total.